The van der Waals surface area contributed by atoms with Crippen molar-refractivity contribution in [3.8, 4) is 0 Å². The summed E-state index contributed by atoms with van der Waals surface area (Å²) in [7, 11) is 0. The first-order valence-electron chi connectivity index (χ1n) is 7.35. The van der Waals surface area contributed by atoms with Gasteiger partial charge in [0.2, 0.25) is 0 Å². The van der Waals surface area contributed by atoms with Gasteiger partial charge in [-0.15, -0.1) is 0 Å². The Balaban J connectivity index is 1.54. The van der Waals surface area contributed by atoms with Crippen LogP contribution in [0.5, 0.6) is 0 Å². The standard InChI is InChI=1S/C14H24N4/c15-13-10-16-18(11-13)9-8-17-7-3-6-14(17)12-4-1-2-5-12/h10-12,14H,1-9,15H2. The molecule has 2 heterocycles. The van der Waals surface area contributed by atoms with Crippen LogP contribution in [0, 0.1) is 5.92 Å². The van der Waals surface area contributed by atoms with Crippen molar-refractivity contribution in [2.24, 2.45) is 5.92 Å². The van der Waals surface area contributed by atoms with Crippen molar-refractivity contribution >= 4 is 5.69 Å². The molecule has 3 rings (SSSR count). The lowest BCUT2D eigenvalue weighted by molar-refractivity contribution is 0.182. The fourth-order valence-corrected chi connectivity index (χ4v) is 3.74. The molecule has 1 saturated carbocycles. The summed E-state index contributed by atoms with van der Waals surface area (Å²) >= 11 is 0. The van der Waals surface area contributed by atoms with Crippen LogP contribution in [0.3, 0.4) is 0 Å². The van der Waals surface area contributed by atoms with Gasteiger partial charge in [0.1, 0.15) is 0 Å². The number of nitrogen functional groups attached to an aromatic ring is 1. The lowest BCUT2D eigenvalue weighted by atomic mass is 9.96. The predicted molar refractivity (Wildman–Crippen MR) is 73.2 cm³/mol. The summed E-state index contributed by atoms with van der Waals surface area (Å²) in [6.07, 6.45) is 12.3. The average Bonchev–Trinajstić information content (AvgIpc) is 3.07. The van der Waals surface area contributed by atoms with Gasteiger partial charge in [0.05, 0.1) is 18.4 Å². The van der Waals surface area contributed by atoms with E-state index < -0.39 is 0 Å². The summed E-state index contributed by atoms with van der Waals surface area (Å²) < 4.78 is 1.97. The topological polar surface area (TPSA) is 47.1 Å². The van der Waals surface area contributed by atoms with E-state index in [2.05, 4.69) is 10.00 Å². The molecule has 100 valence electrons. The molecule has 18 heavy (non-hydrogen) atoms. The lowest BCUT2D eigenvalue weighted by Gasteiger charge is -2.29. The van der Waals surface area contributed by atoms with E-state index in [0.717, 1.165) is 30.7 Å². The molecule has 2 fully saturated rings. The number of anilines is 1. The van der Waals surface area contributed by atoms with E-state index in [0.29, 0.717) is 0 Å². The number of aromatic nitrogens is 2. The third kappa shape index (κ3) is 2.53. The van der Waals surface area contributed by atoms with Gasteiger partial charge in [0.25, 0.3) is 0 Å². The molecule has 0 aromatic carbocycles. The van der Waals surface area contributed by atoms with Gasteiger partial charge in [-0.2, -0.15) is 5.10 Å². The van der Waals surface area contributed by atoms with Crippen LogP contribution in [-0.2, 0) is 6.54 Å². The Morgan fingerprint density at radius 3 is 2.72 bits per heavy atom. The van der Waals surface area contributed by atoms with Crippen LogP contribution >= 0.6 is 0 Å². The highest BCUT2D eigenvalue weighted by atomic mass is 15.3. The van der Waals surface area contributed by atoms with Gasteiger partial charge in [-0.3, -0.25) is 9.58 Å². The van der Waals surface area contributed by atoms with Crippen molar-refractivity contribution in [2.75, 3.05) is 18.8 Å². The molecule has 1 aliphatic heterocycles. The Kier molecular flexibility index (Phi) is 3.55. The molecule has 0 amide bonds. The Bertz CT molecular complexity index is 381. The van der Waals surface area contributed by atoms with Crippen molar-refractivity contribution in [2.45, 2.75) is 51.1 Å². The van der Waals surface area contributed by atoms with Gasteiger partial charge in [-0.1, -0.05) is 12.8 Å². The Morgan fingerprint density at radius 2 is 2.00 bits per heavy atom. The van der Waals surface area contributed by atoms with Gasteiger partial charge in [0.15, 0.2) is 0 Å². The largest absolute Gasteiger partial charge is 0.396 e. The minimum absolute atomic E-state index is 0.767. The first kappa shape index (κ1) is 12.0. The number of hydrogen-bond donors (Lipinski definition) is 1. The highest BCUT2D eigenvalue weighted by molar-refractivity contribution is 5.30. The smallest absolute Gasteiger partial charge is 0.0719 e. The van der Waals surface area contributed by atoms with E-state index in [-0.39, 0.29) is 0 Å². The second kappa shape index (κ2) is 5.31. The van der Waals surface area contributed by atoms with Gasteiger partial charge in [0, 0.05) is 18.8 Å². The number of hydrogen-bond acceptors (Lipinski definition) is 3. The van der Waals surface area contributed by atoms with E-state index in [4.69, 9.17) is 5.73 Å². The fraction of sp³-hybridized carbons (Fsp3) is 0.786. The van der Waals surface area contributed by atoms with Crippen LogP contribution in [0.15, 0.2) is 12.4 Å². The monoisotopic (exact) mass is 248 g/mol. The minimum atomic E-state index is 0.767. The highest BCUT2D eigenvalue weighted by Gasteiger charge is 2.32. The van der Waals surface area contributed by atoms with E-state index in [1.807, 2.05) is 10.9 Å². The van der Waals surface area contributed by atoms with E-state index >= 15 is 0 Å². The Labute approximate surface area is 109 Å². The summed E-state index contributed by atoms with van der Waals surface area (Å²) in [5, 5.41) is 4.26. The predicted octanol–water partition coefficient (Wildman–Crippen LogP) is 2.12. The summed E-state index contributed by atoms with van der Waals surface area (Å²) in [6.45, 7) is 3.38. The number of nitrogens with two attached hydrogens (primary N) is 1. The number of nitrogens with zero attached hydrogens (tertiary/aromatic N) is 3. The Morgan fingerprint density at radius 1 is 1.17 bits per heavy atom. The van der Waals surface area contributed by atoms with Gasteiger partial charge in [-0.25, -0.2) is 0 Å². The number of rotatable bonds is 4. The zero-order valence-electron chi connectivity index (χ0n) is 11.1. The van der Waals surface area contributed by atoms with Crippen LogP contribution in [0.1, 0.15) is 38.5 Å². The van der Waals surface area contributed by atoms with E-state index in [9.17, 15) is 0 Å². The molecule has 1 aromatic rings. The first-order valence-corrected chi connectivity index (χ1v) is 7.35. The minimum Gasteiger partial charge on any atom is -0.396 e. The maximum absolute atomic E-state index is 5.69. The number of likely N-dealkylation sites (tertiary alicyclic amines) is 1. The van der Waals surface area contributed by atoms with Crippen LogP contribution in [-0.4, -0.2) is 33.8 Å². The Hall–Kier alpha value is -1.03. The molecule has 1 atom stereocenters. The van der Waals surface area contributed by atoms with Crippen LogP contribution in [0.4, 0.5) is 5.69 Å². The second-order valence-electron chi connectivity index (χ2n) is 5.83. The molecule has 4 nitrogen and oxygen atoms in total. The molecule has 1 aromatic heterocycles. The van der Waals surface area contributed by atoms with Crippen LogP contribution in [0.25, 0.3) is 0 Å². The van der Waals surface area contributed by atoms with Crippen molar-refractivity contribution < 1.29 is 0 Å². The average molecular weight is 248 g/mol. The quantitative estimate of drug-likeness (QED) is 0.888. The second-order valence-corrected chi connectivity index (χ2v) is 5.83. The van der Waals surface area contributed by atoms with Gasteiger partial charge >= 0.3 is 0 Å². The van der Waals surface area contributed by atoms with Crippen LogP contribution < -0.4 is 5.73 Å². The molecule has 4 heteroatoms. The van der Waals surface area contributed by atoms with Crippen molar-refractivity contribution in [1.29, 1.82) is 0 Å². The lowest BCUT2D eigenvalue weighted by Crippen LogP contribution is -2.36. The molecule has 1 saturated heterocycles. The summed E-state index contributed by atoms with van der Waals surface area (Å²) in [5.41, 5.74) is 6.46. The molecule has 0 spiro atoms. The van der Waals surface area contributed by atoms with Crippen LogP contribution in [0.2, 0.25) is 0 Å². The summed E-state index contributed by atoms with van der Waals surface area (Å²) in [4.78, 5) is 2.69. The fourth-order valence-electron chi connectivity index (χ4n) is 3.74. The normalized spacial score (nSPS) is 26.1. The van der Waals surface area contributed by atoms with Crippen molar-refractivity contribution in [1.82, 2.24) is 14.7 Å². The van der Waals surface area contributed by atoms with Crippen molar-refractivity contribution in [3.05, 3.63) is 12.4 Å². The molecular weight excluding hydrogens is 224 g/mol. The molecule has 1 aliphatic carbocycles. The van der Waals surface area contributed by atoms with E-state index in [1.165, 1.54) is 45.1 Å². The van der Waals surface area contributed by atoms with Crippen molar-refractivity contribution in [3.63, 3.8) is 0 Å². The van der Waals surface area contributed by atoms with E-state index in [1.54, 1.807) is 6.20 Å². The van der Waals surface area contributed by atoms with Gasteiger partial charge < -0.3 is 5.73 Å². The first-order chi connectivity index (χ1) is 8.83. The molecular formula is C14H24N4. The maximum atomic E-state index is 5.69. The molecule has 0 radical (unpaired) electrons. The SMILES string of the molecule is Nc1cnn(CCN2CCCC2C2CCCC2)c1. The highest BCUT2D eigenvalue weighted by Crippen LogP contribution is 2.35. The zero-order chi connectivity index (χ0) is 12.4. The summed E-state index contributed by atoms with van der Waals surface area (Å²) in [5.74, 6) is 0.968. The molecule has 1 unspecified atom stereocenters. The summed E-state index contributed by atoms with van der Waals surface area (Å²) in [6, 6.07) is 0.848. The maximum Gasteiger partial charge on any atom is 0.0719 e. The zero-order valence-corrected chi connectivity index (χ0v) is 11.1. The third-order valence-corrected chi connectivity index (χ3v) is 4.63. The molecule has 2 N–H and O–H groups in total. The molecule has 2 aliphatic rings. The third-order valence-electron chi connectivity index (χ3n) is 4.63. The molecule has 0 bridgehead atoms. The van der Waals surface area contributed by atoms with Gasteiger partial charge in [-0.05, 0) is 38.1 Å².